The van der Waals surface area contributed by atoms with Crippen molar-refractivity contribution in [2.24, 2.45) is 0 Å². The van der Waals surface area contributed by atoms with Crippen molar-refractivity contribution in [3.8, 4) is 0 Å². The fourth-order valence-electron chi connectivity index (χ4n) is 2.10. The Balaban J connectivity index is 2.04. The molecular weight excluding hydrogens is 239 g/mol. The van der Waals surface area contributed by atoms with Crippen molar-refractivity contribution in [3.05, 3.63) is 70.5 Å². The summed E-state index contributed by atoms with van der Waals surface area (Å²) in [6.45, 7) is 4.10. The topological polar surface area (TPSA) is 17.1 Å². The first-order valence-corrected chi connectivity index (χ1v) is 6.41. The first kappa shape index (κ1) is 13.5. The van der Waals surface area contributed by atoms with Crippen LogP contribution in [0.1, 0.15) is 33.5 Å². The molecule has 1 nitrogen and oxygen atoms in total. The van der Waals surface area contributed by atoms with E-state index in [0.717, 1.165) is 6.42 Å². The van der Waals surface area contributed by atoms with Crippen LogP contribution < -0.4 is 0 Å². The molecule has 0 amide bonds. The molecule has 0 radical (unpaired) electrons. The smallest absolute Gasteiger partial charge is 0.163 e. The van der Waals surface area contributed by atoms with Crippen molar-refractivity contribution in [3.63, 3.8) is 0 Å². The van der Waals surface area contributed by atoms with E-state index in [4.69, 9.17) is 0 Å². The summed E-state index contributed by atoms with van der Waals surface area (Å²) in [5, 5.41) is 0. The van der Waals surface area contributed by atoms with Gasteiger partial charge in [0.05, 0.1) is 0 Å². The highest BCUT2D eigenvalue weighted by Crippen LogP contribution is 2.14. The van der Waals surface area contributed by atoms with E-state index in [0.29, 0.717) is 12.0 Å². The molecule has 2 rings (SSSR count). The number of hydrogen-bond acceptors (Lipinski definition) is 1. The van der Waals surface area contributed by atoms with Crippen LogP contribution in [-0.4, -0.2) is 5.78 Å². The standard InChI is InChI=1S/C17H17FO/c1-12-3-4-13(2)15(11-12)7-10-17(19)14-5-8-16(18)9-6-14/h3-6,8-9,11H,7,10H2,1-2H3. The molecule has 0 unspecified atom stereocenters. The van der Waals surface area contributed by atoms with Gasteiger partial charge in [-0.05, 0) is 55.7 Å². The predicted octanol–water partition coefficient (Wildman–Crippen LogP) is 4.26. The largest absolute Gasteiger partial charge is 0.294 e. The van der Waals surface area contributed by atoms with E-state index in [2.05, 4.69) is 25.1 Å². The van der Waals surface area contributed by atoms with Gasteiger partial charge in [0.25, 0.3) is 0 Å². The zero-order chi connectivity index (χ0) is 13.8. The van der Waals surface area contributed by atoms with Crippen LogP contribution in [-0.2, 0) is 6.42 Å². The Labute approximate surface area is 113 Å². The summed E-state index contributed by atoms with van der Waals surface area (Å²) in [5.41, 5.74) is 4.19. The number of rotatable bonds is 4. The fraction of sp³-hybridized carbons (Fsp3) is 0.235. The minimum absolute atomic E-state index is 0.0564. The van der Waals surface area contributed by atoms with E-state index in [1.54, 1.807) is 12.1 Å². The van der Waals surface area contributed by atoms with Gasteiger partial charge in [-0.25, -0.2) is 4.39 Å². The monoisotopic (exact) mass is 256 g/mol. The van der Waals surface area contributed by atoms with Gasteiger partial charge in [-0.3, -0.25) is 4.79 Å². The zero-order valence-electron chi connectivity index (χ0n) is 11.2. The third kappa shape index (κ3) is 3.50. The van der Waals surface area contributed by atoms with Crippen molar-refractivity contribution in [1.29, 1.82) is 0 Å². The number of ketones is 1. The second kappa shape index (κ2) is 5.79. The maximum atomic E-state index is 12.8. The maximum Gasteiger partial charge on any atom is 0.163 e. The summed E-state index contributed by atoms with van der Waals surface area (Å²) in [7, 11) is 0. The molecule has 98 valence electrons. The van der Waals surface area contributed by atoms with E-state index in [9.17, 15) is 9.18 Å². The van der Waals surface area contributed by atoms with E-state index < -0.39 is 0 Å². The first-order chi connectivity index (χ1) is 9.06. The lowest BCUT2D eigenvalue weighted by Crippen LogP contribution is -2.02. The van der Waals surface area contributed by atoms with Crippen LogP contribution >= 0.6 is 0 Å². The van der Waals surface area contributed by atoms with Crippen LogP contribution in [0.15, 0.2) is 42.5 Å². The number of carbonyl (C=O) groups excluding carboxylic acids is 1. The first-order valence-electron chi connectivity index (χ1n) is 6.41. The van der Waals surface area contributed by atoms with E-state index in [1.807, 2.05) is 6.92 Å². The van der Waals surface area contributed by atoms with Gasteiger partial charge in [0.2, 0.25) is 0 Å². The molecule has 0 saturated heterocycles. The average Bonchev–Trinajstić information content (AvgIpc) is 2.40. The minimum atomic E-state index is -0.314. The fourth-order valence-corrected chi connectivity index (χ4v) is 2.10. The summed E-state index contributed by atoms with van der Waals surface area (Å²) in [4.78, 5) is 12.0. The summed E-state index contributed by atoms with van der Waals surface area (Å²) in [6.07, 6.45) is 1.18. The van der Waals surface area contributed by atoms with Crippen LogP contribution in [0.25, 0.3) is 0 Å². The Kier molecular flexibility index (Phi) is 4.10. The normalized spacial score (nSPS) is 10.5. The molecule has 0 saturated carbocycles. The van der Waals surface area contributed by atoms with Gasteiger partial charge >= 0.3 is 0 Å². The van der Waals surface area contributed by atoms with Crippen LogP contribution in [0, 0.1) is 19.7 Å². The number of carbonyl (C=O) groups is 1. The van der Waals surface area contributed by atoms with E-state index in [1.165, 1.54) is 28.8 Å². The minimum Gasteiger partial charge on any atom is -0.294 e. The number of hydrogen-bond donors (Lipinski definition) is 0. The summed E-state index contributed by atoms with van der Waals surface area (Å²) in [6, 6.07) is 12.0. The van der Waals surface area contributed by atoms with Crippen molar-refractivity contribution in [1.82, 2.24) is 0 Å². The predicted molar refractivity (Wildman–Crippen MR) is 75.0 cm³/mol. The van der Waals surface area contributed by atoms with Crippen molar-refractivity contribution >= 4 is 5.78 Å². The third-order valence-electron chi connectivity index (χ3n) is 3.29. The Morgan fingerprint density at radius 3 is 2.42 bits per heavy atom. The second-order valence-electron chi connectivity index (χ2n) is 4.86. The number of Topliss-reactive ketones (excluding diaryl/α,β-unsaturated/α-hetero) is 1. The molecule has 0 N–H and O–H groups in total. The maximum absolute atomic E-state index is 12.8. The molecule has 0 aliphatic heterocycles. The quantitative estimate of drug-likeness (QED) is 0.747. The average molecular weight is 256 g/mol. The molecule has 2 aromatic rings. The highest BCUT2D eigenvalue weighted by Gasteiger charge is 2.07. The van der Waals surface area contributed by atoms with Crippen LogP contribution in [0.4, 0.5) is 4.39 Å². The molecule has 0 heterocycles. The van der Waals surface area contributed by atoms with Gasteiger partial charge in [-0.1, -0.05) is 23.8 Å². The number of halogens is 1. The Morgan fingerprint density at radius 2 is 1.74 bits per heavy atom. The number of aryl methyl sites for hydroxylation is 3. The zero-order valence-corrected chi connectivity index (χ0v) is 11.2. The highest BCUT2D eigenvalue weighted by atomic mass is 19.1. The van der Waals surface area contributed by atoms with Crippen molar-refractivity contribution < 1.29 is 9.18 Å². The lowest BCUT2D eigenvalue weighted by Gasteiger charge is -2.07. The Hall–Kier alpha value is -1.96. The summed E-state index contributed by atoms with van der Waals surface area (Å²) < 4.78 is 12.8. The molecule has 0 bridgehead atoms. The summed E-state index contributed by atoms with van der Waals surface area (Å²) >= 11 is 0. The van der Waals surface area contributed by atoms with E-state index >= 15 is 0 Å². The van der Waals surface area contributed by atoms with Crippen LogP contribution in [0.3, 0.4) is 0 Å². The van der Waals surface area contributed by atoms with Gasteiger partial charge in [0.15, 0.2) is 5.78 Å². The molecule has 19 heavy (non-hydrogen) atoms. The molecule has 0 aliphatic rings. The van der Waals surface area contributed by atoms with Crippen molar-refractivity contribution in [2.45, 2.75) is 26.7 Å². The van der Waals surface area contributed by atoms with Crippen LogP contribution in [0.2, 0.25) is 0 Å². The highest BCUT2D eigenvalue weighted by molar-refractivity contribution is 5.96. The van der Waals surface area contributed by atoms with Gasteiger partial charge in [0.1, 0.15) is 5.82 Å². The van der Waals surface area contributed by atoms with Crippen molar-refractivity contribution in [2.75, 3.05) is 0 Å². The molecular formula is C17H17FO. The second-order valence-corrected chi connectivity index (χ2v) is 4.86. The lowest BCUT2D eigenvalue weighted by molar-refractivity contribution is 0.0983. The Morgan fingerprint density at radius 1 is 1.05 bits per heavy atom. The molecule has 0 atom stereocenters. The molecule has 0 fully saturated rings. The lowest BCUT2D eigenvalue weighted by atomic mass is 9.98. The van der Waals surface area contributed by atoms with E-state index in [-0.39, 0.29) is 11.6 Å². The molecule has 2 aromatic carbocycles. The van der Waals surface area contributed by atoms with Gasteiger partial charge in [-0.2, -0.15) is 0 Å². The van der Waals surface area contributed by atoms with Gasteiger partial charge < -0.3 is 0 Å². The molecule has 2 heteroatoms. The Bertz CT molecular complexity index is 585. The van der Waals surface area contributed by atoms with Gasteiger partial charge in [0, 0.05) is 12.0 Å². The number of benzene rings is 2. The van der Waals surface area contributed by atoms with Gasteiger partial charge in [-0.15, -0.1) is 0 Å². The third-order valence-corrected chi connectivity index (χ3v) is 3.29. The molecule has 0 aliphatic carbocycles. The SMILES string of the molecule is Cc1ccc(C)c(CCC(=O)c2ccc(F)cc2)c1. The summed E-state index contributed by atoms with van der Waals surface area (Å²) in [5.74, 6) is -0.257. The molecule has 0 spiro atoms. The molecule has 0 aromatic heterocycles. The van der Waals surface area contributed by atoms with Crippen LogP contribution in [0.5, 0.6) is 0 Å².